The molecule has 0 bridgehead atoms. The molecule has 0 aliphatic heterocycles. The van der Waals surface area contributed by atoms with Crippen LogP contribution in [0.25, 0.3) is 10.9 Å². The molecule has 3 nitrogen and oxygen atoms in total. The molecule has 1 heterocycles. The molecule has 3 heteroatoms. The monoisotopic (exact) mass is 243 g/mol. The number of allylic oxidation sites excluding steroid dienone is 1. The van der Waals surface area contributed by atoms with Gasteiger partial charge in [0.1, 0.15) is 5.69 Å². The van der Waals surface area contributed by atoms with Crippen LogP contribution in [0.1, 0.15) is 35.8 Å². The van der Waals surface area contributed by atoms with E-state index in [9.17, 15) is 9.90 Å². The summed E-state index contributed by atoms with van der Waals surface area (Å²) in [7, 11) is 0. The number of benzene rings is 1. The second-order valence-corrected chi connectivity index (χ2v) is 4.71. The summed E-state index contributed by atoms with van der Waals surface area (Å²) in [5.41, 5.74) is 2.47. The standard InChI is InChI=1S/C15H17NO2/c1-4-7-16-13-6-5-11(10(2)3)8-12(13)9-14(16)15(17)18/h4-6,8-10H,1,7H2,2-3H3,(H,17,18). The first-order valence-electron chi connectivity index (χ1n) is 6.02. The van der Waals surface area contributed by atoms with E-state index in [-0.39, 0.29) is 0 Å². The zero-order valence-electron chi connectivity index (χ0n) is 10.7. The Hall–Kier alpha value is -2.03. The average molecular weight is 243 g/mol. The van der Waals surface area contributed by atoms with Crippen molar-refractivity contribution in [1.82, 2.24) is 4.57 Å². The van der Waals surface area contributed by atoms with E-state index in [1.807, 2.05) is 6.07 Å². The number of rotatable bonds is 4. The number of nitrogens with zero attached hydrogens (tertiary/aromatic N) is 1. The van der Waals surface area contributed by atoms with Crippen molar-refractivity contribution in [3.63, 3.8) is 0 Å². The molecule has 94 valence electrons. The first-order chi connectivity index (χ1) is 8.54. The summed E-state index contributed by atoms with van der Waals surface area (Å²) < 4.78 is 1.77. The SMILES string of the molecule is C=CCn1c(C(=O)O)cc2cc(C(C)C)ccc21. The number of carboxylic acids is 1. The zero-order chi connectivity index (χ0) is 13.3. The molecular weight excluding hydrogens is 226 g/mol. The van der Waals surface area contributed by atoms with Gasteiger partial charge in [-0.15, -0.1) is 6.58 Å². The van der Waals surface area contributed by atoms with Gasteiger partial charge in [0.05, 0.1) is 0 Å². The Balaban J connectivity index is 2.67. The maximum Gasteiger partial charge on any atom is 0.352 e. The molecule has 1 aromatic heterocycles. The zero-order valence-corrected chi connectivity index (χ0v) is 10.7. The van der Waals surface area contributed by atoms with Crippen molar-refractivity contribution in [1.29, 1.82) is 0 Å². The lowest BCUT2D eigenvalue weighted by Crippen LogP contribution is -2.07. The van der Waals surface area contributed by atoms with Gasteiger partial charge in [-0.3, -0.25) is 0 Å². The lowest BCUT2D eigenvalue weighted by Gasteiger charge is -2.07. The van der Waals surface area contributed by atoms with Crippen molar-refractivity contribution in [3.8, 4) is 0 Å². The Morgan fingerprint density at radius 3 is 2.72 bits per heavy atom. The molecule has 2 rings (SSSR count). The number of carbonyl (C=O) groups is 1. The van der Waals surface area contributed by atoms with Gasteiger partial charge < -0.3 is 9.67 Å². The summed E-state index contributed by atoms with van der Waals surface area (Å²) in [4.78, 5) is 11.2. The van der Waals surface area contributed by atoms with Gasteiger partial charge in [-0.1, -0.05) is 26.0 Å². The Morgan fingerprint density at radius 1 is 1.44 bits per heavy atom. The molecule has 0 unspecified atom stereocenters. The fraction of sp³-hybridized carbons (Fsp3) is 0.267. The van der Waals surface area contributed by atoms with Gasteiger partial charge >= 0.3 is 5.97 Å². The number of hydrogen-bond acceptors (Lipinski definition) is 1. The molecule has 0 radical (unpaired) electrons. The smallest absolute Gasteiger partial charge is 0.352 e. The fourth-order valence-corrected chi connectivity index (χ4v) is 2.15. The quantitative estimate of drug-likeness (QED) is 0.833. The first kappa shape index (κ1) is 12.4. The molecule has 0 aliphatic rings. The summed E-state index contributed by atoms with van der Waals surface area (Å²) in [6.07, 6.45) is 1.71. The predicted molar refractivity (Wildman–Crippen MR) is 73.2 cm³/mol. The minimum absolute atomic E-state index is 0.311. The molecular formula is C15H17NO2. The second-order valence-electron chi connectivity index (χ2n) is 4.71. The number of aromatic nitrogens is 1. The van der Waals surface area contributed by atoms with Crippen LogP contribution in [0.15, 0.2) is 36.9 Å². The third-order valence-electron chi connectivity index (χ3n) is 3.12. The molecule has 0 spiro atoms. The van der Waals surface area contributed by atoms with E-state index >= 15 is 0 Å². The number of fused-ring (bicyclic) bond motifs is 1. The summed E-state index contributed by atoms with van der Waals surface area (Å²) in [5.74, 6) is -0.468. The van der Waals surface area contributed by atoms with Crippen LogP contribution in [0.2, 0.25) is 0 Å². The lowest BCUT2D eigenvalue weighted by atomic mass is 10.0. The van der Waals surface area contributed by atoms with Crippen LogP contribution in [0.3, 0.4) is 0 Å². The maximum atomic E-state index is 11.2. The average Bonchev–Trinajstić information content (AvgIpc) is 2.68. The van der Waals surface area contributed by atoms with Gasteiger partial charge in [0.2, 0.25) is 0 Å². The molecule has 1 N–H and O–H groups in total. The first-order valence-corrected chi connectivity index (χ1v) is 6.02. The molecule has 0 amide bonds. The summed E-state index contributed by atoms with van der Waals surface area (Å²) in [5, 5.41) is 10.2. The Bertz CT molecular complexity index is 608. The summed E-state index contributed by atoms with van der Waals surface area (Å²) in [6.45, 7) is 8.43. The molecule has 2 aromatic rings. The summed E-state index contributed by atoms with van der Waals surface area (Å²) in [6, 6.07) is 7.83. The normalized spacial score (nSPS) is 11.1. The van der Waals surface area contributed by atoms with Crippen LogP contribution in [-0.4, -0.2) is 15.6 Å². The van der Waals surface area contributed by atoms with E-state index in [2.05, 4.69) is 32.6 Å². The highest BCUT2D eigenvalue weighted by atomic mass is 16.4. The third kappa shape index (κ3) is 2.04. The minimum Gasteiger partial charge on any atom is -0.477 e. The predicted octanol–water partition coefficient (Wildman–Crippen LogP) is 3.65. The van der Waals surface area contributed by atoms with Crippen LogP contribution in [0.5, 0.6) is 0 Å². The molecule has 18 heavy (non-hydrogen) atoms. The van der Waals surface area contributed by atoms with Crippen LogP contribution in [-0.2, 0) is 6.54 Å². The number of hydrogen-bond donors (Lipinski definition) is 1. The van der Waals surface area contributed by atoms with Gasteiger partial charge in [-0.2, -0.15) is 0 Å². The fourth-order valence-electron chi connectivity index (χ4n) is 2.15. The van der Waals surface area contributed by atoms with Crippen molar-refractivity contribution in [2.45, 2.75) is 26.3 Å². The van der Waals surface area contributed by atoms with Crippen molar-refractivity contribution in [2.75, 3.05) is 0 Å². The van der Waals surface area contributed by atoms with Gasteiger partial charge in [0.25, 0.3) is 0 Å². The largest absolute Gasteiger partial charge is 0.477 e. The van der Waals surface area contributed by atoms with Gasteiger partial charge in [0, 0.05) is 17.4 Å². The van der Waals surface area contributed by atoms with Crippen molar-refractivity contribution >= 4 is 16.9 Å². The highest BCUT2D eigenvalue weighted by Crippen LogP contribution is 2.25. The van der Waals surface area contributed by atoms with E-state index in [1.165, 1.54) is 5.56 Å². The van der Waals surface area contributed by atoms with Gasteiger partial charge in [0.15, 0.2) is 0 Å². The lowest BCUT2D eigenvalue weighted by molar-refractivity contribution is 0.0686. The number of aromatic carboxylic acids is 1. The van der Waals surface area contributed by atoms with Crippen LogP contribution < -0.4 is 0 Å². The third-order valence-corrected chi connectivity index (χ3v) is 3.12. The molecule has 0 saturated heterocycles. The molecule has 0 saturated carbocycles. The van der Waals surface area contributed by atoms with E-state index < -0.39 is 5.97 Å². The molecule has 0 fully saturated rings. The van der Waals surface area contributed by atoms with Gasteiger partial charge in [-0.25, -0.2) is 4.79 Å². The van der Waals surface area contributed by atoms with Crippen LogP contribution >= 0.6 is 0 Å². The van der Waals surface area contributed by atoms with Crippen molar-refractivity contribution in [3.05, 3.63) is 48.2 Å². The van der Waals surface area contributed by atoms with Gasteiger partial charge in [-0.05, 0) is 29.7 Å². The summed E-state index contributed by atoms with van der Waals surface area (Å²) >= 11 is 0. The van der Waals surface area contributed by atoms with Crippen molar-refractivity contribution in [2.24, 2.45) is 0 Å². The van der Waals surface area contributed by atoms with E-state index in [0.717, 1.165) is 10.9 Å². The highest BCUT2D eigenvalue weighted by molar-refractivity contribution is 5.94. The van der Waals surface area contributed by atoms with E-state index in [1.54, 1.807) is 16.7 Å². The van der Waals surface area contributed by atoms with E-state index in [0.29, 0.717) is 18.2 Å². The van der Waals surface area contributed by atoms with Crippen molar-refractivity contribution < 1.29 is 9.90 Å². The highest BCUT2D eigenvalue weighted by Gasteiger charge is 2.14. The minimum atomic E-state index is -0.904. The van der Waals surface area contributed by atoms with Crippen LogP contribution in [0.4, 0.5) is 0 Å². The molecule has 1 aromatic carbocycles. The topological polar surface area (TPSA) is 42.2 Å². The second kappa shape index (κ2) is 4.69. The number of carboxylic acid groups (broad SMARTS) is 1. The molecule has 0 atom stereocenters. The maximum absolute atomic E-state index is 11.2. The Kier molecular flexibility index (Phi) is 3.24. The molecule has 0 aliphatic carbocycles. The van der Waals surface area contributed by atoms with Crippen LogP contribution in [0, 0.1) is 0 Å². The Morgan fingerprint density at radius 2 is 2.17 bits per heavy atom. The van der Waals surface area contributed by atoms with E-state index in [4.69, 9.17) is 0 Å². The Labute approximate surface area is 106 Å².